The van der Waals surface area contributed by atoms with Crippen LogP contribution in [0.2, 0.25) is 0 Å². The van der Waals surface area contributed by atoms with Gasteiger partial charge in [0.25, 0.3) is 0 Å². The van der Waals surface area contributed by atoms with Gasteiger partial charge < -0.3 is 9.88 Å². The van der Waals surface area contributed by atoms with Crippen molar-refractivity contribution in [2.45, 2.75) is 75.7 Å². The number of rotatable bonds is 7. The number of benzene rings is 2. The molecule has 10 heteroatoms. The van der Waals surface area contributed by atoms with E-state index in [0.29, 0.717) is 12.5 Å². The first-order valence-corrected chi connectivity index (χ1v) is 14.6. The molecule has 2 aliphatic rings. The quantitative estimate of drug-likeness (QED) is 0.378. The number of aromatic amines is 1. The van der Waals surface area contributed by atoms with Crippen LogP contribution in [-0.2, 0) is 29.3 Å². The van der Waals surface area contributed by atoms with Crippen molar-refractivity contribution in [1.82, 2.24) is 14.3 Å². The van der Waals surface area contributed by atoms with Gasteiger partial charge in [-0.1, -0.05) is 37.8 Å². The van der Waals surface area contributed by atoms with Crippen LogP contribution in [0.1, 0.15) is 60.9 Å². The van der Waals surface area contributed by atoms with Gasteiger partial charge in [0.1, 0.15) is 0 Å². The zero-order valence-electron chi connectivity index (χ0n) is 21.4. The summed E-state index contributed by atoms with van der Waals surface area (Å²) in [5, 5.41) is 0. The van der Waals surface area contributed by atoms with E-state index in [9.17, 15) is 21.6 Å². The highest BCUT2D eigenvalue weighted by Crippen LogP contribution is 2.37. The lowest BCUT2D eigenvalue weighted by molar-refractivity contribution is -0.137. The Morgan fingerprint density at radius 3 is 2.45 bits per heavy atom. The SMILES string of the molecule is Cc1cccc2c1CN(S(=O)(=O)c1ccc(C(F)(F)F)cc1)C[C@@H](CCC1CCCC1)N2Cc1cnc[nH]1. The number of H-pyrrole nitrogens is 1. The molecule has 38 heavy (non-hydrogen) atoms. The third kappa shape index (κ3) is 5.61. The summed E-state index contributed by atoms with van der Waals surface area (Å²) in [4.78, 5) is 9.50. The van der Waals surface area contributed by atoms with Crippen LogP contribution >= 0.6 is 0 Å². The Balaban J connectivity index is 1.52. The highest BCUT2D eigenvalue weighted by Gasteiger charge is 2.36. The number of sulfonamides is 1. The molecule has 1 aliphatic carbocycles. The van der Waals surface area contributed by atoms with Gasteiger partial charge in [-0.25, -0.2) is 13.4 Å². The summed E-state index contributed by atoms with van der Waals surface area (Å²) in [6.07, 6.45) is 5.62. The molecule has 1 aromatic heterocycles. The Morgan fingerprint density at radius 2 is 1.79 bits per heavy atom. The molecule has 6 nitrogen and oxygen atoms in total. The van der Waals surface area contributed by atoms with Crippen LogP contribution in [0.4, 0.5) is 18.9 Å². The lowest BCUT2D eigenvalue weighted by Gasteiger charge is -2.34. The number of anilines is 1. The average Bonchev–Trinajstić information content (AvgIpc) is 3.57. The average molecular weight is 547 g/mol. The van der Waals surface area contributed by atoms with Crippen LogP contribution < -0.4 is 4.90 Å². The fourth-order valence-electron chi connectivity index (χ4n) is 5.82. The van der Waals surface area contributed by atoms with E-state index >= 15 is 0 Å². The van der Waals surface area contributed by atoms with E-state index in [2.05, 4.69) is 14.9 Å². The highest BCUT2D eigenvalue weighted by molar-refractivity contribution is 7.89. The van der Waals surface area contributed by atoms with Crippen LogP contribution in [0, 0.1) is 12.8 Å². The van der Waals surface area contributed by atoms with Gasteiger partial charge in [-0.05, 0) is 67.1 Å². The monoisotopic (exact) mass is 546 g/mol. The fourth-order valence-corrected chi connectivity index (χ4v) is 7.27. The molecule has 2 aromatic carbocycles. The zero-order chi connectivity index (χ0) is 26.9. The second-order valence-corrected chi connectivity index (χ2v) is 12.4. The molecule has 204 valence electrons. The Kier molecular flexibility index (Phi) is 7.55. The number of hydrogen-bond donors (Lipinski definition) is 1. The Labute approximate surface area is 221 Å². The highest BCUT2D eigenvalue weighted by atomic mass is 32.2. The van der Waals surface area contributed by atoms with Gasteiger partial charge in [-0.15, -0.1) is 0 Å². The number of nitrogens with one attached hydrogen (secondary N) is 1. The molecule has 0 unspecified atom stereocenters. The van der Waals surface area contributed by atoms with Crippen LogP contribution in [0.15, 0.2) is 59.9 Å². The van der Waals surface area contributed by atoms with E-state index in [0.717, 1.165) is 59.6 Å². The first kappa shape index (κ1) is 26.7. The number of hydrogen-bond acceptors (Lipinski definition) is 4. The van der Waals surface area contributed by atoms with E-state index in [1.54, 1.807) is 12.5 Å². The minimum Gasteiger partial charge on any atom is -0.361 e. The molecule has 0 bridgehead atoms. The van der Waals surface area contributed by atoms with Crippen molar-refractivity contribution in [3.63, 3.8) is 0 Å². The van der Waals surface area contributed by atoms with Crippen molar-refractivity contribution in [2.24, 2.45) is 5.92 Å². The largest absolute Gasteiger partial charge is 0.416 e. The standard InChI is InChI=1S/C28H33F3N4O2S/c1-20-5-4-8-27-26(20)18-34(38(36,37)25-13-10-22(11-14-25)28(29,30)31)17-24(12-9-21-6-2-3-7-21)35(27)16-23-15-32-19-33-23/h4-5,8,10-11,13-15,19,21,24H,2-3,6-7,9,12,16-18H2,1H3,(H,32,33)/t24-/m1/s1. The van der Waals surface area contributed by atoms with Crippen molar-refractivity contribution in [2.75, 3.05) is 11.4 Å². The third-order valence-corrected chi connectivity index (χ3v) is 9.81. The van der Waals surface area contributed by atoms with Gasteiger partial charge in [0.2, 0.25) is 10.0 Å². The van der Waals surface area contributed by atoms with E-state index in [-0.39, 0.29) is 24.0 Å². The summed E-state index contributed by atoms with van der Waals surface area (Å²) in [5.74, 6) is 0.643. The summed E-state index contributed by atoms with van der Waals surface area (Å²) >= 11 is 0. The van der Waals surface area contributed by atoms with E-state index < -0.39 is 21.8 Å². The van der Waals surface area contributed by atoms with Gasteiger partial charge >= 0.3 is 6.18 Å². The van der Waals surface area contributed by atoms with E-state index in [1.807, 2.05) is 25.1 Å². The Morgan fingerprint density at radius 1 is 1.05 bits per heavy atom. The minimum atomic E-state index is -4.53. The van der Waals surface area contributed by atoms with Crippen molar-refractivity contribution in [3.05, 3.63) is 77.4 Å². The van der Waals surface area contributed by atoms with Crippen molar-refractivity contribution in [1.29, 1.82) is 0 Å². The van der Waals surface area contributed by atoms with Crippen LogP contribution in [-0.4, -0.2) is 35.3 Å². The van der Waals surface area contributed by atoms with Crippen LogP contribution in [0.3, 0.4) is 0 Å². The molecule has 3 aromatic rings. The predicted octanol–water partition coefficient (Wildman–Crippen LogP) is 6.29. The van der Waals surface area contributed by atoms with Gasteiger partial charge in [0.15, 0.2) is 0 Å². The number of imidazole rings is 1. The third-order valence-electron chi connectivity index (χ3n) is 7.98. The van der Waals surface area contributed by atoms with Crippen molar-refractivity contribution >= 4 is 15.7 Å². The normalized spacial score (nSPS) is 19.5. The summed E-state index contributed by atoms with van der Waals surface area (Å²) in [7, 11) is -4.04. The summed E-state index contributed by atoms with van der Waals surface area (Å²) in [5.41, 5.74) is 2.93. The van der Waals surface area contributed by atoms with Crippen molar-refractivity contribution < 1.29 is 21.6 Å². The first-order chi connectivity index (χ1) is 18.1. The summed E-state index contributed by atoms with van der Waals surface area (Å²) in [6.45, 7) is 2.93. The smallest absolute Gasteiger partial charge is 0.361 e. The summed E-state index contributed by atoms with van der Waals surface area (Å²) in [6, 6.07) is 9.70. The van der Waals surface area contributed by atoms with Crippen LogP contribution in [0.25, 0.3) is 0 Å². The maximum atomic E-state index is 13.9. The maximum absolute atomic E-state index is 13.9. The number of fused-ring (bicyclic) bond motifs is 1. The molecule has 0 saturated heterocycles. The topological polar surface area (TPSA) is 69.3 Å². The lowest BCUT2D eigenvalue weighted by Crippen LogP contribution is -2.43. The molecule has 0 spiro atoms. The van der Waals surface area contributed by atoms with Gasteiger partial charge in [0.05, 0.1) is 29.0 Å². The Bertz CT molecular complexity index is 1340. The number of aryl methyl sites for hydroxylation is 1. The lowest BCUT2D eigenvalue weighted by atomic mass is 9.97. The fraction of sp³-hybridized carbons (Fsp3) is 0.464. The zero-order valence-corrected chi connectivity index (χ0v) is 22.2. The number of alkyl halides is 3. The molecule has 1 aliphatic heterocycles. The molecule has 1 N–H and O–H groups in total. The van der Waals surface area contributed by atoms with E-state index in [1.165, 1.54) is 30.0 Å². The number of halogens is 3. The van der Waals surface area contributed by atoms with Gasteiger partial charge in [0, 0.05) is 31.0 Å². The van der Waals surface area contributed by atoms with Gasteiger partial charge in [-0.2, -0.15) is 17.5 Å². The number of aromatic nitrogens is 2. The van der Waals surface area contributed by atoms with Crippen molar-refractivity contribution in [3.8, 4) is 0 Å². The van der Waals surface area contributed by atoms with E-state index in [4.69, 9.17) is 0 Å². The molecule has 5 rings (SSSR count). The molecule has 0 amide bonds. The number of nitrogens with zero attached hydrogens (tertiary/aromatic N) is 3. The molecular weight excluding hydrogens is 513 g/mol. The van der Waals surface area contributed by atoms with Crippen LogP contribution in [0.5, 0.6) is 0 Å². The summed E-state index contributed by atoms with van der Waals surface area (Å²) < 4.78 is 68.5. The molecule has 2 heterocycles. The second kappa shape index (κ2) is 10.7. The second-order valence-electron chi connectivity index (χ2n) is 10.5. The maximum Gasteiger partial charge on any atom is 0.416 e. The molecule has 1 atom stereocenters. The molecule has 1 saturated carbocycles. The van der Waals surface area contributed by atoms with Gasteiger partial charge in [-0.3, -0.25) is 0 Å². The molecule has 0 radical (unpaired) electrons. The molecule has 1 fully saturated rings. The predicted molar refractivity (Wildman–Crippen MR) is 140 cm³/mol. The first-order valence-electron chi connectivity index (χ1n) is 13.1. The Hall–Kier alpha value is -2.85. The minimum absolute atomic E-state index is 0.105. The molecular formula is C28H33F3N4O2S.